The van der Waals surface area contributed by atoms with Gasteiger partial charge in [-0.15, -0.1) is 0 Å². The zero-order chi connectivity index (χ0) is 28.0. The van der Waals surface area contributed by atoms with Gasteiger partial charge >= 0.3 is 5.97 Å². The van der Waals surface area contributed by atoms with Crippen molar-refractivity contribution >= 4 is 29.6 Å². The number of carbonyl (C=O) groups excluding carboxylic acids is 4. The maximum atomic E-state index is 13.2. The number of amides is 4. The normalized spacial score (nSPS) is 14.3. The number of unbranched alkanes of at least 4 members (excludes halogenated alkanes) is 1. The number of H-pyrrole nitrogens is 1. The Hall–Kier alpha value is -3.52. The van der Waals surface area contributed by atoms with Crippen molar-refractivity contribution in [2.24, 2.45) is 23.1 Å². The van der Waals surface area contributed by atoms with Gasteiger partial charge in [0, 0.05) is 24.7 Å². The lowest BCUT2D eigenvalue weighted by Gasteiger charge is -2.26. The number of aromatic nitrogens is 2. The highest BCUT2D eigenvalue weighted by molar-refractivity contribution is 5.94. The Bertz CT molecular complexity index is 892. The van der Waals surface area contributed by atoms with E-state index >= 15 is 0 Å². The molecule has 0 radical (unpaired) electrons. The van der Waals surface area contributed by atoms with Crippen molar-refractivity contribution in [2.75, 3.05) is 6.54 Å². The van der Waals surface area contributed by atoms with Gasteiger partial charge in [0.25, 0.3) is 0 Å². The number of primary amides is 1. The van der Waals surface area contributed by atoms with Crippen LogP contribution in [-0.2, 0) is 30.4 Å². The second-order valence-electron chi connectivity index (χ2n) is 9.33. The molecule has 0 saturated carbocycles. The zero-order valence-electron chi connectivity index (χ0n) is 21.4. The molecule has 14 heteroatoms. The molecule has 11 N–H and O–H groups in total. The summed E-state index contributed by atoms with van der Waals surface area (Å²) in [5, 5.41) is 17.0. The first kappa shape index (κ1) is 31.5. The third kappa shape index (κ3) is 12.3. The Morgan fingerprint density at radius 2 is 1.59 bits per heavy atom. The van der Waals surface area contributed by atoms with Gasteiger partial charge < -0.3 is 43.2 Å². The predicted molar refractivity (Wildman–Crippen MR) is 134 cm³/mol. The summed E-state index contributed by atoms with van der Waals surface area (Å²) in [5.41, 5.74) is 17.1. The van der Waals surface area contributed by atoms with E-state index in [0.29, 0.717) is 31.5 Å². The van der Waals surface area contributed by atoms with Gasteiger partial charge in [-0.05, 0) is 38.1 Å². The van der Waals surface area contributed by atoms with Crippen LogP contribution in [0.3, 0.4) is 0 Å². The third-order valence-corrected chi connectivity index (χ3v) is 5.55. The number of hydrogen-bond acceptors (Lipinski definition) is 8. The van der Waals surface area contributed by atoms with Crippen LogP contribution in [0.4, 0.5) is 0 Å². The average Bonchev–Trinajstić information content (AvgIpc) is 3.33. The average molecular weight is 525 g/mol. The van der Waals surface area contributed by atoms with E-state index in [2.05, 4.69) is 25.9 Å². The molecule has 0 fully saturated rings. The second kappa shape index (κ2) is 16.3. The molecule has 208 valence electrons. The number of nitrogens with one attached hydrogen (secondary N) is 4. The highest BCUT2D eigenvalue weighted by atomic mass is 16.4. The van der Waals surface area contributed by atoms with Gasteiger partial charge in [0.15, 0.2) is 0 Å². The predicted octanol–water partition coefficient (Wildman–Crippen LogP) is -1.74. The van der Waals surface area contributed by atoms with Crippen molar-refractivity contribution < 1.29 is 29.1 Å². The molecule has 4 unspecified atom stereocenters. The quantitative estimate of drug-likeness (QED) is 0.101. The van der Waals surface area contributed by atoms with Gasteiger partial charge in [0.2, 0.25) is 23.6 Å². The Kier molecular flexibility index (Phi) is 13.9. The van der Waals surface area contributed by atoms with E-state index in [1.54, 1.807) is 0 Å². The number of rotatable bonds is 18. The molecule has 1 heterocycles. The summed E-state index contributed by atoms with van der Waals surface area (Å²) in [6, 6.07) is -4.39. The first-order valence-electron chi connectivity index (χ1n) is 12.3. The molecule has 0 aliphatic rings. The smallest absolute Gasteiger partial charge is 0.326 e. The summed E-state index contributed by atoms with van der Waals surface area (Å²) in [4.78, 5) is 68.3. The van der Waals surface area contributed by atoms with Crippen LogP contribution < -0.4 is 33.2 Å². The second-order valence-corrected chi connectivity index (χ2v) is 9.33. The summed E-state index contributed by atoms with van der Waals surface area (Å²) >= 11 is 0. The minimum Gasteiger partial charge on any atom is -0.480 e. The first-order valence-corrected chi connectivity index (χ1v) is 12.3. The van der Waals surface area contributed by atoms with E-state index < -0.39 is 53.8 Å². The van der Waals surface area contributed by atoms with Gasteiger partial charge in [-0.2, -0.15) is 0 Å². The number of nitrogens with two attached hydrogens (primary N) is 3. The molecule has 0 aromatic carbocycles. The van der Waals surface area contributed by atoms with Gasteiger partial charge in [-0.3, -0.25) is 19.2 Å². The fourth-order valence-corrected chi connectivity index (χ4v) is 3.54. The van der Waals surface area contributed by atoms with Crippen molar-refractivity contribution in [2.45, 2.75) is 83.0 Å². The topological polar surface area (TPSA) is 248 Å². The van der Waals surface area contributed by atoms with Gasteiger partial charge in [0.1, 0.15) is 18.1 Å². The van der Waals surface area contributed by atoms with Crippen LogP contribution >= 0.6 is 0 Å². The van der Waals surface area contributed by atoms with E-state index in [1.807, 2.05) is 13.8 Å². The lowest BCUT2D eigenvalue weighted by atomic mass is 10.0. The number of aromatic amines is 1. The maximum absolute atomic E-state index is 13.2. The van der Waals surface area contributed by atoms with Crippen molar-refractivity contribution in [1.82, 2.24) is 25.9 Å². The summed E-state index contributed by atoms with van der Waals surface area (Å²) in [6.45, 7) is 4.14. The van der Waals surface area contributed by atoms with E-state index in [0.717, 1.165) is 0 Å². The molecular weight excluding hydrogens is 484 g/mol. The highest BCUT2D eigenvalue weighted by Gasteiger charge is 2.31. The van der Waals surface area contributed by atoms with Crippen molar-refractivity contribution in [3.63, 3.8) is 0 Å². The Morgan fingerprint density at radius 3 is 2.14 bits per heavy atom. The molecule has 1 aromatic heterocycles. The molecule has 0 aliphatic carbocycles. The number of carboxylic acid groups (broad SMARTS) is 1. The monoisotopic (exact) mass is 524 g/mol. The molecular formula is C23H40N8O6. The molecule has 37 heavy (non-hydrogen) atoms. The number of carboxylic acids is 1. The SMILES string of the molecule is CC(C)CC(NC(=O)C(Cc1cnc[nH]1)NC(=O)C(N)CCCCN)C(=O)NC(CCC(N)=O)C(=O)O. The fraction of sp³-hybridized carbons (Fsp3) is 0.652. The summed E-state index contributed by atoms with van der Waals surface area (Å²) in [7, 11) is 0. The Balaban J connectivity index is 3.01. The summed E-state index contributed by atoms with van der Waals surface area (Å²) < 4.78 is 0. The van der Waals surface area contributed by atoms with E-state index in [4.69, 9.17) is 17.2 Å². The van der Waals surface area contributed by atoms with Gasteiger partial charge in [0.05, 0.1) is 12.4 Å². The number of aliphatic carboxylic acids is 1. The molecule has 1 aromatic rings. The third-order valence-electron chi connectivity index (χ3n) is 5.55. The van der Waals surface area contributed by atoms with E-state index in [1.165, 1.54) is 12.5 Å². The molecule has 0 spiro atoms. The number of imidazole rings is 1. The minimum absolute atomic E-state index is 0.0402. The van der Waals surface area contributed by atoms with Crippen LogP contribution in [0.15, 0.2) is 12.5 Å². The van der Waals surface area contributed by atoms with Crippen LogP contribution in [-0.4, -0.2) is 75.4 Å². The Morgan fingerprint density at radius 1 is 0.973 bits per heavy atom. The van der Waals surface area contributed by atoms with Gasteiger partial charge in [-0.25, -0.2) is 9.78 Å². The molecule has 4 amide bonds. The number of carbonyl (C=O) groups is 5. The largest absolute Gasteiger partial charge is 0.480 e. The maximum Gasteiger partial charge on any atom is 0.326 e. The molecule has 4 atom stereocenters. The van der Waals surface area contributed by atoms with Gasteiger partial charge in [-0.1, -0.05) is 20.3 Å². The summed E-state index contributed by atoms with van der Waals surface area (Å²) in [5.74, 6) is -3.99. The summed E-state index contributed by atoms with van der Waals surface area (Å²) in [6.07, 6.45) is 4.51. The van der Waals surface area contributed by atoms with E-state index in [-0.39, 0.29) is 31.6 Å². The standard InChI is InChI=1S/C23H40N8O6/c1-13(2)9-17(21(34)29-16(23(36)37)6-7-19(26)32)31-22(35)18(10-14-11-27-12-28-14)30-20(33)15(25)5-3-4-8-24/h11-13,15-18H,3-10,24-25H2,1-2H3,(H2,26,32)(H,27,28)(H,29,34)(H,30,33)(H,31,35)(H,36,37). The van der Waals surface area contributed by atoms with Crippen LogP contribution in [0.2, 0.25) is 0 Å². The molecule has 0 bridgehead atoms. The van der Waals surface area contributed by atoms with Crippen molar-refractivity contribution in [1.29, 1.82) is 0 Å². The zero-order valence-corrected chi connectivity index (χ0v) is 21.4. The number of hydrogen-bond donors (Lipinski definition) is 8. The lowest BCUT2D eigenvalue weighted by molar-refractivity contribution is -0.142. The van der Waals surface area contributed by atoms with Crippen LogP contribution in [0.1, 0.15) is 58.1 Å². The molecule has 14 nitrogen and oxygen atoms in total. The highest BCUT2D eigenvalue weighted by Crippen LogP contribution is 2.09. The van der Waals surface area contributed by atoms with Crippen molar-refractivity contribution in [3.8, 4) is 0 Å². The lowest BCUT2D eigenvalue weighted by Crippen LogP contribution is -2.57. The first-order chi connectivity index (χ1) is 17.4. The van der Waals surface area contributed by atoms with Crippen LogP contribution in [0.5, 0.6) is 0 Å². The Labute approximate surface area is 215 Å². The molecule has 0 aliphatic heterocycles. The van der Waals surface area contributed by atoms with Crippen LogP contribution in [0.25, 0.3) is 0 Å². The minimum atomic E-state index is -1.36. The number of nitrogens with zero attached hydrogens (tertiary/aromatic N) is 1. The van der Waals surface area contributed by atoms with Crippen LogP contribution in [0, 0.1) is 5.92 Å². The fourth-order valence-electron chi connectivity index (χ4n) is 3.54. The molecule has 0 saturated heterocycles. The van der Waals surface area contributed by atoms with E-state index in [9.17, 15) is 29.1 Å². The van der Waals surface area contributed by atoms with Crippen molar-refractivity contribution in [3.05, 3.63) is 18.2 Å². The molecule has 1 rings (SSSR count).